The van der Waals surface area contributed by atoms with Crippen LogP contribution in [0.15, 0.2) is 34.7 Å². The maximum Gasteiger partial charge on any atom is 0.293 e. The second-order valence-corrected chi connectivity index (χ2v) is 7.81. The first-order valence-electron chi connectivity index (χ1n) is 8.90. The molecule has 4 rings (SSSR count). The fraction of sp³-hybridized carbons (Fsp3) is 0.444. The highest BCUT2D eigenvalue weighted by atomic mass is 32.1. The number of rotatable bonds is 4. The van der Waals surface area contributed by atoms with Crippen LogP contribution in [0.4, 0.5) is 0 Å². The molecule has 0 bridgehead atoms. The van der Waals surface area contributed by atoms with E-state index in [0.29, 0.717) is 11.4 Å². The van der Waals surface area contributed by atoms with Gasteiger partial charge in [-0.05, 0) is 36.3 Å². The van der Waals surface area contributed by atoms with Crippen molar-refractivity contribution >= 4 is 22.8 Å². The molecular weight excluding hydrogens is 350 g/mol. The van der Waals surface area contributed by atoms with Gasteiger partial charge in [0.15, 0.2) is 0 Å². The van der Waals surface area contributed by atoms with Gasteiger partial charge >= 0.3 is 0 Å². The normalized spacial score (nSPS) is 20.3. The smallest absolute Gasteiger partial charge is 0.293 e. The lowest BCUT2D eigenvalue weighted by Gasteiger charge is -2.29. The Hall–Kier alpha value is -2.48. The van der Waals surface area contributed by atoms with Crippen molar-refractivity contribution in [3.05, 3.63) is 40.3 Å². The number of hydrogen-bond donors (Lipinski definition) is 1. The quantitative estimate of drug-likeness (QED) is 0.763. The Morgan fingerprint density at radius 2 is 2.23 bits per heavy atom. The summed E-state index contributed by atoms with van der Waals surface area (Å²) in [4.78, 5) is 26.0. The van der Waals surface area contributed by atoms with Gasteiger partial charge in [-0.2, -0.15) is 10.2 Å². The highest BCUT2D eigenvalue weighted by molar-refractivity contribution is 7.13. The SMILES string of the molecule is C[C@@H]1CCCC[C@H]1NC(=O)Cn1ncn2nc(-c3cccs3)cc2c1=O. The zero-order valence-electron chi connectivity index (χ0n) is 14.6. The molecule has 3 aromatic rings. The van der Waals surface area contributed by atoms with Crippen molar-refractivity contribution in [2.45, 2.75) is 45.2 Å². The van der Waals surface area contributed by atoms with Gasteiger partial charge in [-0.25, -0.2) is 9.20 Å². The molecule has 8 heteroatoms. The van der Waals surface area contributed by atoms with Gasteiger partial charge in [-0.3, -0.25) is 9.59 Å². The molecule has 1 aliphatic carbocycles. The number of amides is 1. The summed E-state index contributed by atoms with van der Waals surface area (Å²) in [5, 5.41) is 13.5. The molecule has 0 aromatic carbocycles. The topological polar surface area (TPSA) is 81.3 Å². The van der Waals surface area contributed by atoms with Crippen molar-refractivity contribution in [1.29, 1.82) is 0 Å². The second kappa shape index (κ2) is 7.03. The number of thiophene rings is 1. The molecule has 26 heavy (non-hydrogen) atoms. The maximum atomic E-state index is 12.7. The molecular formula is C18H21N5O2S. The minimum Gasteiger partial charge on any atom is -0.351 e. The summed E-state index contributed by atoms with van der Waals surface area (Å²) in [6.07, 6.45) is 5.97. The van der Waals surface area contributed by atoms with Crippen LogP contribution in [0.3, 0.4) is 0 Å². The third-order valence-corrected chi connectivity index (χ3v) is 5.91. The molecule has 0 unspecified atom stereocenters. The lowest BCUT2D eigenvalue weighted by Crippen LogP contribution is -2.44. The van der Waals surface area contributed by atoms with E-state index in [0.717, 1.165) is 29.8 Å². The van der Waals surface area contributed by atoms with Crippen molar-refractivity contribution in [1.82, 2.24) is 24.7 Å². The molecule has 1 aliphatic rings. The van der Waals surface area contributed by atoms with Crippen molar-refractivity contribution in [3.8, 4) is 10.6 Å². The van der Waals surface area contributed by atoms with Crippen LogP contribution in [0.5, 0.6) is 0 Å². The van der Waals surface area contributed by atoms with E-state index in [1.54, 1.807) is 17.4 Å². The minimum atomic E-state index is -0.311. The number of nitrogens with one attached hydrogen (secondary N) is 1. The summed E-state index contributed by atoms with van der Waals surface area (Å²) in [6, 6.07) is 5.83. The standard InChI is InChI=1S/C18H21N5O2S/c1-12-5-2-3-6-13(12)20-17(24)10-22-18(25)15-9-14(16-7-4-8-26-16)21-23(15)11-19-22/h4,7-9,11-13H,2-3,5-6,10H2,1H3,(H,20,24)/t12-,13-/m1/s1. The highest BCUT2D eigenvalue weighted by Crippen LogP contribution is 2.24. The Labute approximate surface area is 154 Å². The van der Waals surface area contributed by atoms with E-state index in [9.17, 15) is 9.59 Å². The zero-order valence-corrected chi connectivity index (χ0v) is 15.4. The van der Waals surface area contributed by atoms with Crippen LogP contribution in [0.25, 0.3) is 16.1 Å². The molecule has 1 N–H and O–H groups in total. The van der Waals surface area contributed by atoms with E-state index in [2.05, 4.69) is 22.4 Å². The lowest BCUT2D eigenvalue weighted by atomic mass is 9.86. The molecule has 3 aromatic heterocycles. The van der Waals surface area contributed by atoms with Gasteiger partial charge < -0.3 is 5.32 Å². The third-order valence-electron chi connectivity index (χ3n) is 5.01. The van der Waals surface area contributed by atoms with Gasteiger partial charge in [-0.1, -0.05) is 25.8 Å². The zero-order chi connectivity index (χ0) is 18.1. The summed E-state index contributed by atoms with van der Waals surface area (Å²) >= 11 is 1.56. The average Bonchev–Trinajstić information content (AvgIpc) is 3.29. The van der Waals surface area contributed by atoms with Crippen LogP contribution in [0.1, 0.15) is 32.6 Å². The summed E-state index contributed by atoms with van der Waals surface area (Å²) in [5.74, 6) is 0.309. The number of carbonyl (C=O) groups is 1. The van der Waals surface area contributed by atoms with Crippen LogP contribution in [-0.2, 0) is 11.3 Å². The Kier molecular flexibility index (Phi) is 4.58. The largest absolute Gasteiger partial charge is 0.351 e. The van der Waals surface area contributed by atoms with Gasteiger partial charge in [-0.15, -0.1) is 11.3 Å². The van der Waals surface area contributed by atoms with E-state index >= 15 is 0 Å². The van der Waals surface area contributed by atoms with E-state index in [4.69, 9.17) is 0 Å². The highest BCUT2D eigenvalue weighted by Gasteiger charge is 2.23. The summed E-state index contributed by atoms with van der Waals surface area (Å²) < 4.78 is 2.67. The first kappa shape index (κ1) is 17.0. The van der Waals surface area contributed by atoms with Gasteiger partial charge in [0, 0.05) is 6.04 Å². The fourth-order valence-electron chi connectivity index (χ4n) is 3.51. The molecule has 3 heterocycles. The average molecular weight is 371 g/mol. The second-order valence-electron chi connectivity index (χ2n) is 6.87. The molecule has 1 fully saturated rings. The number of hydrogen-bond acceptors (Lipinski definition) is 5. The Morgan fingerprint density at radius 3 is 3.00 bits per heavy atom. The van der Waals surface area contributed by atoms with Crippen LogP contribution < -0.4 is 10.9 Å². The van der Waals surface area contributed by atoms with Crippen LogP contribution in [0.2, 0.25) is 0 Å². The van der Waals surface area contributed by atoms with Gasteiger partial charge in [0.2, 0.25) is 5.91 Å². The Bertz CT molecular complexity index is 975. The Balaban J connectivity index is 1.54. The van der Waals surface area contributed by atoms with Gasteiger partial charge in [0.1, 0.15) is 24.1 Å². The van der Waals surface area contributed by atoms with E-state index < -0.39 is 0 Å². The van der Waals surface area contributed by atoms with Crippen molar-refractivity contribution in [2.75, 3.05) is 0 Å². The first-order valence-corrected chi connectivity index (χ1v) is 9.78. The molecule has 1 amide bonds. The molecule has 136 valence electrons. The molecule has 0 spiro atoms. The predicted octanol–water partition coefficient (Wildman–Crippen LogP) is 2.31. The molecule has 7 nitrogen and oxygen atoms in total. The number of aromatic nitrogens is 4. The molecule has 0 radical (unpaired) electrons. The van der Waals surface area contributed by atoms with Crippen LogP contribution in [-0.4, -0.2) is 31.3 Å². The van der Waals surface area contributed by atoms with Gasteiger partial charge in [0.05, 0.1) is 4.88 Å². The van der Waals surface area contributed by atoms with Crippen molar-refractivity contribution < 1.29 is 4.79 Å². The fourth-order valence-corrected chi connectivity index (χ4v) is 4.20. The first-order chi connectivity index (χ1) is 12.6. The maximum absolute atomic E-state index is 12.7. The molecule has 1 saturated carbocycles. The molecule has 0 saturated heterocycles. The minimum absolute atomic E-state index is 0.0714. The van der Waals surface area contributed by atoms with Crippen LogP contribution in [0, 0.1) is 5.92 Å². The van der Waals surface area contributed by atoms with Crippen molar-refractivity contribution in [3.63, 3.8) is 0 Å². The van der Waals surface area contributed by atoms with E-state index in [1.165, 1.54) is 21.9 Å². The monoisotopic (exact) mass is 371 g/mol. The Morgan fingerprint density at radius 1 is 1.38 bits per heavy atom. The van der Waals surface area contributed by atoms with Crippen molar-refractivity contribution in [2.24, 2.45) is 5.92 Å². The van der Waals surface area contributed by atoms with Gasteiger partial charge in [0.25, 0.3) is 5.56 Å². The summed E-state index contributed by atoms with van der Waals surface area (Å²) in [7, 11) is 0. The molecule has 0 aliphatic heterocycles. The third kappa shape index (κ3) is 3.29. The van der Waals surface area contributed by atoms with Crippen LogP contribution >= 0.6 is 11.3 Å². The number of carbonyl (C=O) groups excluding carboxylic acids is 1. The number of nitrogens with zero attached hydrogens (tertiary/aromatic N) is 4. The lowest BCUT2D eigenvalue weighted by molar-refractivity contribution is -0.123. The summed E-state index contributed by atoms with van der Waals surface area (Å²) in [6.45, 7) is 2.09. The molecule has 2 atom stereocenters. The summed E-state index contributed by atoms with van der Waals surface area (Å²) in [5.41, 5.74) is 0.842. The predicted molar refractivity (Wildman–Crippen MR) is 100 cm³/mol. The van der Waals surface area contributed by atoms with E-state index in [-0.39, 0.29) is 24.1 Å². The van der Waals surface area contributed by atoms with E-state index in [1.807, 2.05) is 17.5 Å². The number of fused-ring (bicyclic) bond motifs is 1.